The molecule has 0 N–H and O–H groups in total. The summed E-state index contributed by atoms with van der Waals surface area (Å²) in [6.07, 6.45) is 9.49. The average Bonchev–Trinajstić information content (AvgIpc) is 2.40. The number of hydrogen-bond donors (Lipinski definition) is 0. The molecule has 3 heteroatoms. The van der Waals surface area contributed by atoms with Crippen LogP contribution >= 0.6 is 11.8 Å². The highest BCUT2D eigenvalue weighted by molar-refractivity contribution is 8.00. The van der Waals surface area contributed by atoms with Crippen molar-refractivity contribution in [1.82, 2.24) is 4.98 Å². The van der Waals surface area contributed by atoms with Crippen LogP contribution in [0.25, 0.3) is 0 Å². The number of aromatic nitrogens is 1. The number of thioether (sulfide) groups is 1. The Bertz CT molecular complexity index is 366. The quantitative estimate of drug-likeness (QED) is 0.752. The van der Waals surface area contributed by atoms with Gasteiger partial charge in [0.25, 0.3) is 0 Å². The van der Waals surface area contributed by atoms with Crippen molar-refractivity contribution in [3.05, 3.63) is 24.4 Å². The SMILES string of the molecule is N#CC(CC1CCCCC1)Sc1ccccn1. The third-order valence-electron chi connectivity index (χ3n) is 3.32. The number of hydrogen-bond acceptors (Lipinski definition) is 3. The normalized spacial score (nSPS) is 18.5. The topological polar surface area (TPSA) is 36.7 Å². The van der Waals surface area contributed by atoms with E-state index in [9.17, 15) is 5.26 Å². The molecule has 1 unspecified atom stereocenters. The Morgan fingerprint density at radius 2 is 2.18 bits per heavy atom. The van der Waals surface area contributed by atoms with Crippen LogP contribution in [-0.2, 0) is 0 Å². The molecule has 90 valence electrons. The van der Waals surface area contributed by atoms with Gasteiger partial charge in [0.15, 0.2) is 0 Å². The number of rotatable bonds is 4. The van der Waals surface area contributed by atoms with Crippen molar-refractivity contribution in [3.8, 4) is 6.07 Å². The summed E-state index contributed by atoms with van der Waals surface area (Å²) >= 11 is 1.61. The van der Waals surface area contributed by atoms with E-state index in [0.29, 0.717) is 0 Å². The molecule has 0 saturated heterocycles. The first-order valence-corrected chi connectivity index (χ1v) is 7.24. The van der Waals surface area contributed by atoms with Gasteiger partial charge in [-0.3, -0.25) is 0 Å². The minimum Gasteiger partial charge on any atom is -0.250 e. The zero-order valence-corrected chi connectivity index (χ0v) is 10.8. The van der Waals surface area contributed by atoms with Crippen molar-refractivity contribution >= 4 is 11.8 Å². The van der Waals surface area contributed by atoms with Crippen molar-refractivity contribution in [2.45, 2.75) is 48.8 Å². The lowest BCUT2D eigenvalue weighted by atomic mass is 9.86. The second-order valence-corrected chi connectivity index (χ2v) is 5.87. The van der Waals surface area contributed by atoms with Crippen LogP contribution in [0, 0.1) is 17.2 Å². The molecule has 1 fully saturated rings. The van der Waals surface area contributed by atoms with Gasteiger partial charge >= 0.3 is 0 Å². The summed E-state index contributed by atoms with van der Waals surface area (Å²) < 4.78 is 0. The maximum absolute atomic E-state index is 9.22. The Morgan fingerprint density at radius 3 is 2.82 bits per heavy atom. The Hall–Kier alpha value is -1.01. The molecule has 0 bridgehead atoms. The van der Waals surface area contributed by atoms with E-state index in [1.807, 2.05) is 18.2 Å². The van der Waals surface area contributed by atoms with Crippen LogP contribution in [0.15, 0.2) is 29.4 Å². The highest BCUT2D eigenvalue weighted by Crippen LogP contribution is 2.32. The minimum absolute atomic E-state index is 0.0630. The van der Waals surface area contributed by atoms with Crippen molar-refractivity contribution in [3.63, 3.8) is 0 Å². The van der Waals surface area contributed by atoms with Crippen LogP contribution in [-0.4, -0.2) is 10.2 Å². The highest BCUT2D eigenvalue weighted by Gasteiger charge is 2.19. The summed E-state index contributed by atoms with van der Waals surface area (Å²) in [5, 5.41) is 10.2. The van der Waals surface area contributed by atoms with Gasteiger partial charge in [-0.15, -0.1) is 0 Å². The average molecular weight is 246 g/mol. The fourth-order valence-electron chi connectivity index (χ4n) is 2.42. The van der Waals surface area contributed by atoms with Crippen molar-refractivity contribution < 1.29 is 0 Å². The summed E-state index contributed by atoms with van der Waals surface area (Å²) in [4.78, 5) is 4.27. The summed E-state index contributed by atoms with van der Waals surface area (Å²) in [5.74, 6) is 0.754. The predicted octanol–water partition coefficient (Wildman–Crippen LogP) is 4.04. The summed E-state index contributed by atoms with van der Waals surface area (Å²) in [6.45, 7) is 0. The van der Waals surface area contributed by atoms with Crippen LogP contribution in [0.2, 0.25) is 0 Å². The number of nitriles is 1. The van der Waals surface area contributed by atoms with Crippen LogP contribution in [0.1, 0.15) is 38.5 Å². The molecule has 17 heavy (non-hydrogen) atoms. The van der Waals surface area contributed by atoms with E-state index in [0.717, 1.165) is 17.4 Å². The van der Waals surface area contributed by atoms with Crippen LogP contribution < -0.4 is 0 Å². The lowest BCUT2D eigenvalue weighted by Gasteiger charge is -2.23. The third kappa shape index (κ3) is 4.05. The molecular weight excluding hydrogens is 228 g/mol. The summed E-state index contributed by atoms with van der Waals surface area (Å²) in [5.41, 5.74) is 0. The Morgan fingerprint density at radius 1 is 1.35 bits per heavy atom. The van der Waals surface area contributed by atoms with Crippen LogP contribution in [0.3, 0.4) is 0 Å². The first-order valence-electron chi connectivity index (χ1n) is 6.36. The van der Waals surface area contributed by atoms with Gasteiger partial charge in [-0.25, -0.2) is 4.98 Å². The Labute approximate surface area is 107 Å². The molecule has 1 aliphatic rings. The predicted molar refractivity (Wildman–Crippen MR) is 70.7 cm³/mol. The number of pyridine rings is 1. The van der Waals surface area contributed by atoms with E-state index in [1.54, 1.807) is 18.0 Å². The van der Waals surface area contributed by atoms with Gasteiger partial charge in [0.2, 0.25) is 0 Å². The van der Waals surface area contributed by atoms with E-state index >= 15 is 0 Å². The molecule has 2 nitrogen and oxygen atoms in total. The minimum atomic E-state index is 0.0630. The third-order valence-corrected chi connectivity index (χ3v) is 4.38. The molecule has 1 saturated carbocycles. The standard InChI is InChI=1S/C14H18N2S/c15-11-13(10-12-6-2-1-3-7-12)17-14-8-4-5-9-16-14/h4-5,8-9,12-13H,1-3,6-7,10H2. The van der Waals surface area contributed by atoms with Gasteiger partial charge in [-0.2, -0.15) is 5.26 Å². The van der Waals surface area contributed by atoms with Crippen molar-refractivity contribution in [2.24, 2.45) is 5.92 Å². The molecule has 0 aromatic carbocycles. The fraction of sp³-hybridized carbons (Fsp3) is 0.571. The molecule has 1 aromatic rings. The molecule has 2 rings (SSSR count). The van der Waals surface area contributed by atoms with Gasteiger partial charge < -0.3 is 0 Å². The zero-order valence-electron chi connectivity index (χ0n) is 10.0. The second kappa shape index (κ2) is 6.66. The van der Waals surface area contributed by atoms with Crippen LogP contribution in [0.5, 0.6) is 0 Å². The lowest BCUT2D eigenvalue weighted by molar-refractivity contribution is 0.344. The van der Waals surface area contributed by atoms with Gasteiger partial charge in [-0.05, 0) is 24.5 Å². The zero-order chi connectivity index (χ0) is 11.9. The van der Waals surface area contributed by atoms with Gasteiger partial charge in [0.1, 0.15) is 0 Å². The van der Waals surface area contributed by atoms with Crippen molar-refractivity contribution in [1.29, 1.82) is 5.26 Å². The van der Waals surface area contributed by atoms with Crippen molar-refractivity contribution in [2.75, 3.05) is 0 Å². The van der Waals surface area contributed by atoms with E-state index in [4.69, 9.17) is 0 Å². The molecule has 1 aromatic heterocycles. The van der Waals surface area contributed by atoms with Gasteiger partial charge in [0.05, 0.1) is 16.3 Å². The van der Waals surface area contributed by atoms with Gasteiger partial charge in [0, 0.05) is 6.20 Å². The highest BCUT2D eigenvalue weighted by atomic mass is 32.2. The Kier molecular flexibility index (Phi) is 4.88. The van der Waals surface area contributed by atoms with E-state index in [1.165, 1.54) is 32.1 Å². The second-order valence-electron chi connectivity index (χ2n) is 4.64. The first kappa shape index (κ1) is 12.4. The van der Waals surface area contributed by atoms with Gasteiger partial charge in [-0.1, -0.05) is 49.9 Å². The first-order chi connectivity index (χ1) is 8.38. The number of nitrogens with zero attached hydrogens (tertiary/aromatic N) is 2. The van der Waals surface area contributed by atoms with E-state index in [-0.39, 0.29) is 5.25 Å². The molecule has 0 aliphatic heterocycles. The molecule has 1 atom stereocenters. The lowest BCUT2D eigenvalue weighted by Crippen LogP contribution is -2.12. The largest absolute Gasteiger partial charge is 0.250 e. The summed E-state index contributed by atoms with van der Waals surface area (Å²) in [7, 11) is 0. The summed E-state index contributed by atoms with van der Waals surface area (Å²) in [6, 6.07) is 8.29. The molecule has 1 heterocycles. The Balaban J connectivity index is 1.86. The molecule has 1 aliphatic carbocycles. The maximum atomic E-state index is 9.22. The fourth-order valence-corrected chi connectivity index (χ4v) is 3.41. The van der Waals surface area contributed by atoms with E-state index in [2.05, 4.69) is 11.1 Å². The molecule has 0 spiro atoms. The maximum Gasteiger partial charge on any atom is 0.0981 e. The molecule has 0 amide bonds. The van der Waals surface area contributed by atoms with Crippen LogP contribution in [0.4, 0.5) is 0 Å². The van der Waals surface area contributed by atoms with E-state index < -0.39 is 0 Å². The smallest absolute Gasteiger partial charge is 0.0981 e. The molecule has 0 radical (unpaired) electrons. The molecular formula is C14H18N2S. The monoisotopic (exact) mass is 246 g/mol.